The van der Waals surface area contributed by atoms with Crippen LogP contribution in [0.2, 0.25) is 5.02 Å². The Morgan fingerprint density at radius 2 is 2.20 bits per heavy atom. The normalized spacial score (nSPS) is 19.2. The van der Waals surface area contributed by atoms with Gasteiger partial charge in [-0.3, -0.25) is 4.79 Å². The summed E-state index contributed by atoms with van der Waals surface area (Å²) in [5.74, 6) is 0.0710. The van der Waals surface area contributed by atoms with Gasteiger partial charge in [-0.05, 0) is 44.8 Å². The topological polar surface area (TPSA) is 39.3 Å². The van der Waals surface area contributed by atoms with Crippen LogP contribution in [0, 0.1) is 0 Å². The number of H-pyrrole nitrogens is 1. The van der Waals surface area contributed by atoms with Crippen LogP contribution in [0.1, 0.15) is 16.9 Å². The van der Waals surface area contributed by atoms with Crippen LogP contribution >= 0.6 is 11.6 Å². The Bertz CT molecular complexity index is 650. The molecule has 2 heterocycles. The van der Waals surface area contributed by atoms with Crippen molar-refractivity contribution >= 4 is 28.4 Å². The summed E-state index contributed by atoms with van der Waals surface area (Å²) in [5, 5.41) is 1.66. The molecule has 1 atom stereocenters. The Morgan fingerprint density at radius 3 is 2.90 bits per heavy atom. The molecule has 3 rings (SSSR count). The zero-order valence-corrected chi connectivity index (χ0v) is 12.4. The zero-order chi connectivity index (χ0) is 14.3. The number of aromatic nitrogens is 1. The molecule has 1 aliphatic heterocycles. The van der Waals surface area contributed by atoms with Crippen molar-refractivity contribution < 1.29 is 4.79 Å². The lowest BCUT2D eigenvalue weighted by Crippen LogP contribution is -2.34. The number of nitrogens with zero attached hydrogens (tertiary/aromatic N) is 2. The van der Waals surface area contributed by atoms with Crippen LogP contribution in [0.4, 0.5) is 0 Å². The lowest BCUT2D eigenvalue weighted by atomic mass is 10.2. The van der Waals surface area contributed by atoms with Crippen molar-refractivity contribution in [3.8, 4) is 0 Å². The number of rotatable bonds is 2. The largest absolute Gasteiger partial charge is 0.351 e. The summed E-state index contributed by atoms with van der Waals surface area (Å²) in [5.41, 5.74) is 1.59. The minimum absolute atomic E-state index is 0.0710. The number of aromatic amines is 1. The van der Waals surface area contributed by atoms with Crippen LogP contribution in [0.15, 0.2) is 24.3 Å². The Kier molecular flexibility index (Phi) is 3.44. The molecule has 1 amide bonds. The highest BCUT2D eigenvalue weighted by atomic mass is 35.5. The van der Waals surface area contributed by atoms with E-state index in [2.05, 4.69) is 24.0 Å². The van der Waals surface area contributed by atoms with Gasteiger partial charge in [0.05, 0.1) is 0 Å². The second-order valence-electron chi connectivity index (χ2n) is 5.57. The quantitative estimate of drug-likeness (QED) is 0.924. The maximum absolute atomic E-state index is 12.5. The van der Waals surface area contributed by atoms with Gasteiger partial charge in [-0.1, -0.05) is 11.6 Å². The molecule has 1 aliphatic rings. The van der Waals surface area contributed by atoms with Crippen LogP contribution in [-0.4, -0.2) is 53.9 Å². The highest BCUT2D eigenvalue weighted by molar-refractivity contribution is 6.31. The standard InChI is InChI=1S/C15H18ClN3O/c1-18(2)12-5-6-19(9-12)15(20)14-8-10-7-11(16)3-4-13(10)17-14/h3-4,7-8,12,17H,5-6,9H2,1-2H3. The number of likely N-dealkylation sites (tertiary alicyclic amines) is 1. The maximum atomic E-state index is 12.5. The molecule has 0 spiro atoms. The summed E-state index contributed by atoms with van der Waals surface area (Å²) in [6.07, 6.45) is 1.03. The molecule has 0 aliphatic carbocycles. The SMILES string of the molecule is CN(C)C1CCN(C(=O)c2cc3cc(Cl)ccc3[nH]2)C1. The average Bonchev–Trinajstić information content (AvgIpc) is 3.03. The number of hydrogen-bond donors (Lipinski definition) is 1. The van der Waals surface area contributed by atoms with Gasteiger partial charge in [0.2, 0.25) is 0 Å². The first-order chi connectivity index (χ1) is 9.54. The second kappa shape index (κ2) is 5.11. The molecule has 1 N–H and O–H groups in total. The second-order valence-corrected chi connectivity index (χ2v) is 6.01. The number of halogens is 1. The molecule has 1 fully saturated rings. The summed E-state index contributed by atoms with van der Waals surface area (Å²) >= 11 is 5.97. The van der Waals surface area contributed by atoms with Gasteiger partial charge in [-0.25, -0.2) is 0 Å². The first kappa shape index (κ1) is 13.5. The number of nitrogens with one attached hydrogen (secondary N) is 1. The Morgan fingerprint density at radius 1 is 1.40 bits per heavy atom. The molecule has 4 nitrogen and oxygen atoms in total. The number of carbonyl (C=O) groups is 1. The molecular formula is C15H18ClN3O. The highest BCUT2D eigenvalue weighted by Gasteiger charge is 2.28. The van der Waals surface area contributed by atoms with E-state index >= 15 is 0 Å². The number of likely N-dealkylation sites (N-methyl/N-ethyl adjacent to an activating group) is 1. The Labute approximate surface area is 123 Å². The molecule has 1 unspecified atom stereocenters. The van der Waals surface area contributed by atoms with Crippen LogP contribution in [0.3, 0.4) is 0 Å². The van der Waals surface area contributed by atoms with Crippen LogP contribution in [0.25, 0.3) is 10.9 Å². The fourth-order valence-corrected chi connectivity index (χ4v) is 2.92. The van der Waals surface area contributed by atoms with E-state index in [0.29, 0.717) is 16.8 Å². The summed E-state index contributed by atoms with van der Waals surface area (Å²) < 4.78 is 0. The van der Waals surface area contributed by atoms with Gasteiger partial charge in [0.25, 0.3) is 5.91 Å². The fourth-order valence-electron chi connectivity index (χ4n) is 2.74. The third-order valence-electron chi connectivity index (χ3n) is 3.99. The molecule has 1 aromatic carbocycles. The minimum atomic E-state index is 0.0710. The molecule has 1 saturated heterocycles. The maximum Gasteiger partial charge on any atom is 0.270 e. The van der Waals surface area contributed by atoms with E-state index in [1.807, 2.05) is 29.2 Å². The third-order valence-corrected chi connectivity index (χ3v) is 4.23. The molecule has 0 radical (unpaired) electrons. The van der Waals surface area contributed by atoms with Crippen LogP contribution < -0.4 is 0 Å². The van der Waals surface area contributed by atoms with Gasteiger partial charge < -0.3 is 14.8 Å². The predicted molar refractivity (Wildman–Crippen MR) is 81.3 cm³/mol. The summed E-state index contributed by atoms with van der Waals surface area (Å²) in [4.78, 5) is 19.8. The van der Waals surface area contributed by atoms with Gasteiger partial charge in [-0.15, -0.1) is 0 Å². The fraction of sp³-hybridized carbons (Fsp3) is 0.400. The number of fused-ring (bicyclic) bond motifs is 1. The van der Waals surface area contributed by atoms with Crippen molar-refractivity contribution in [2.75, 3.05) is 27.2 Å². The first-order valence-electron chi connectivity index (χ1n) is 6.78. The number of carbonyl (C=O) groups excluding carboxylic acids is 1. The zero-order valence-electron chi connectivity index (χ0n) is 11.7. The summed E-state index contributed by atoms with van der Waals surface area (Å²) in [6.45, 7) is 1.61. The van der Waals surface area contributed by atoms with Crippen molar-refractivity contribution in [3.05, 3.63) is 35.0 Å². The van der Waals surface area contributed by atoms with Crippen LogP contribution in [0.5, 0.6) is 0 Å². The Balaban J connectivity index is 1.82. The molecule has 2 aromatic rings. The van der Waals surface area contributed by atoms with Gasteiger partial charge in [-0.2, -0.15) is 0 Å². The smallest absolute Gasteiger partial charge is 0.270 e. The van der Waals surface area contributed by atoms with Gasteiger partial charge in [0, 0.05) is 35.1 Å². The summed E-state index contributed by atoms with van der Waals surface area (Å²) in [6, 6.07) is 7.94. The molecule has 1 aromatic heterocycles. The van der Waals surface area contributed by atoms with E-state index in [1.165, 1.54) is 0 Å². The third kappa shape index (κ3) is 2.41. The van der Waals surface area contributed by atoms with Crippen molar-refractivity contribution in [1.29, 1.82) is 0 Å². The lowest BCUT2D eigenvalue weighted by Gasteiger charge is -2.20. The molecule has 0 bridgehead atoms. The summed E-state index contributed by atoms with van der Waals surface area (Å²) in [7, 11) is 4.12. The number of amides is 1. The van der Waals surface area contributed by atoms with E-state index in [4.69, 9.17) is 11.6 Å². The predicted octanol–water partition coefficient (Wildman–Crippen LogP) is 2.60. The molecule has 5 heteroatoms. The van der Waals surface area contributed by atoms with Crippen molar-refractivity contribution in [2.24, 2.45) is 0 Å². The van der Waals surface area contributed by atoms with Crippen molar-refractivity contribution in [1.82, 2.24) is 14.8 Å². The molecule has 0 saturated carbocycles. The number of benzene rings is 1. The molecule has 106 valence electrons. The van der Waals surface area contributed by atoms with E-state index in [9.17, 15) is 4.79 Å². The van der Waals surface area contributed by atoms with E-state index < -0.39 is 0 Å². The van der Waals surface area contributed by atoms with Gasteiger partial charge in [0.15, 0.2) is 0 Å². The molecule has 20 heavy (non-hydrogen) atoms. The van der Waals surface area contributed by atoms with Gasteiger partial charge >= 0.3 is 0 Å². The van der Waals surface area contributed by atoms with E-state index in [-0.39, 0.29) is 5.91 Å². The van der Waals surface area contributed by atoms with Crippen molar-refractivity contribution in [2.45, 2.75) is 12.5 Å². The number of hydrogen-bond acceptors (Lipinski definition) is 2. The first-order valence-corrected chi connectivity index (χ1v) is 7.16. The minimum Gasteiger partial charge on any atom is -0.351 e. The highest BCUT2D eigenvalue weighted by Crippen LogP contribution is 2.22. The van der Waals surface area contributed by atoms with Gasteiger partial charge in [0.1, 0.15) is 5.69 Å². The Hall–Kier alpha value is -1.52. The average molecular weight is 292 g/mol. The monoisotopic (exact) mass is 291 g/mol. The van der Waals surface area contributed by atoms with E-state index in [1.54, 1.807) is 0 Å². The van der Waals surface area contributed by atoms with Crippen molar-refractivity contribution in [3.63, 3.8) is 0 Å². The molecular weight excluding hydrogens is 274 g/mol. The van der Waals surface area contributed by atoms with E-state index in [0.717, 1.165) is 30.4 Å². The van der Waals surface area contributed by atoms with Crippen LogP contribution in [-0.2, 0) is 0 Å². The lowest BCUT2D eigenvalue weighted by molar-refractivity contribution is 0.0778.